The summed E-state index contributed by atoms with van der Waals surface area (Å²) in [6.45, 7) is 6.42. The number of ether oxygens (including phenoxy) is 5. The van der Waals surface area contributed by atoms with Crippen LogP contribution in [0.3, 0.4) is 0 Å². The van der Waals surface area contributed by atoms with Crippen molar-refractivity contribution in [1.29, 1.82) is 0 Å². The van der Waals surface area contributed by atoms with Crippen LogP contribution in [-0.2, 0) is 24.0 Å². The molecule has 1 saturated heterocycles. The Morgan fingerprint density at radius 3 is 1.91 bits per heavy atom. The van der Waals surface area contributed by atoms with E-state index in [1.165, 1.54) is 31.3 Å². The first-order chi connectivity index (χ1) is 38.6. The van der Waals surface area contributed by atoms with Crippen LogP contribution in [0.1, 0.15) is 103 Å². The van der Waals surface area contributed by atoms with Crippen LogP contribution in [-0.4, -0.2) is 140 Å². The molecule has 5 aliphatic rings. The van der Waals surface area contributed by atoms with Crippen LogP contribution in [0, 0.1) is 5.92 Å². The maximum atomic E-state index is 14.2. The molecule has 0 saturated carbocycles. The minimum absolute atomic E-state index is 0.00502. The largest absolute Gasteiger partial charge is 0.497 e. The molecule has 1 fully saturated rings. The molecule has 0 aliphatic carbocycles. The fraction of sp³-hybridized carbons (Fsp3) is 0.383. The van der Waals surface area contributed by atoms with Gasteiger partial charge in [0.05, 0.1) is 69.1 Å². The average molecular weight is 1090 g/mol. The molecule has 3 unspecified atom stereocenters. The predicted molar refractivity (Wildman–Crippen MR) is 299 cm³/mol. The number of benzene rings is 4. The molecule has 0 bridgehead atoms. The van der Waals surface area contributed by atoms with E-state index in [0.29, 0.717) is 96.3 Å². The second-order valence-electron chi connectivity index (χ2n) is 20.6. The number of anilines is 1. The molecule has 5 heterocycles. The van der Waals surface area contributed by atoms with Crippen LogP contribution in [0.15, 0.2) is 101 Å². The number of hydrogen-bond acceptors (Lipinski definition) is 14. The van der Waals surface area contributed by atoms with Gasteiger partial charge in [-0.1, -0.05) is 44.5 Å². The van der Waals surface area contributed by atoms with Crippen LogP contribution in [0.25, 0.3) is 5.57 Å². The normalized spacial score (nSPS) is 18.6. The highest BCUT2D eigenvalue weighted by Gasteiger charge is 2.39. The van der Waals surface area contributed by atoms with Crippen molar-refractivity contribution in [2.75, 3.05) is 52.9 Å². The van der Waals surface area contributed by atoms with Crippen molar-refractivity contribution in [3.8, 4) is 28.7 Å². The van der Waals surface area contributed by atoms with E-state index in [4.69, 9.17) is 33.7 Å². The van der Waals surface area contributed by atoms with Crippen LogP contribution >= 0.6 is 0 Å². The smallest absolute Gasteiger partial charge is 0.260 e. The van der Waals surface area contributed by atoms with Crippen molar-refractivity contribution in [1.82, 2.24) is 25.3 Å². The Morgan fingerprint density at radius 1 is 0.675 bits per heavy atom. The minimum Gasteiger partial charge on any atom is -0.497 e. The van der Waals surface area contributed by atoms with Gasteiger partial charge in [0.1, 0.15) is 17.8 Å². The highest BCUT2D eigenvalue weighted by atomic mass is 16.5. The fourth-order valence-corrected chi connectivity index (χ4v) is 10.3. The van der Waals surface area contributed by atoms with E-state index in [0.717, 1.165) is 22.4 Å². The summed E-state index contributed by atoms with van der Waals surface area (Å²) in [5.74, 6) is -0.114. The van der Waals surface area contributed by atoms with E-state index >= 15 is 0 Å². The van der Waals surface area contributed by atoms with Crippen LogP contribution < -0.4 is 39.6 Å². The highest BCUT2D eigenvalue weighted by molar-refractivity contribution is 6.13. The molecular formula is C60H66N8O12. The van der Waals surface area contributed by atoms with Gasteiger partial charge in [-0.05, 0) is 85.2 Å². The lowest BCUT2D eigenvalue weighted by atomic mass is 9.96. The molecule has 4 aromatic rings. The molecule has 20 heteroatoms. The molecule has 20 nitrogen and oxygen atoms in total. The molecule has 5 atom stereocenters. The summed E-state index contributed by atoms with van der Waals surface area (Å²) in [4.78, 5) is 105. The third-order valence-electron chi connectivity index (χ3n) is 14.8. The molecule has 9 rings (SSSR count). The van der Waals surface area contributed by atoms with E-state index < -0.39 is 23.9 Å². The average Bonchev–Trinajstić information content (AvgIpc) is 4.15. The first kappa shape index (κ1) is 55.9. The molecule has 80 heavy (non-hydrogen) atoms. The van der Waals surface area contributed by atoms with E-state index in [1.54, 1.807) is 81.6 Å². The van der Waals surface area contributed by atoms with Crippen molar-refractivity contribution in [2.24, 2.45) is 15.9 Å². The number of unbranched alkanes of at least 4 members (excludes halogenated alkanes) is 2. The summed E-state index contributed by atoms with van der Waals surface area (Å²) in [5.41, 5.74) is 5.30. The van der Waals surface area contributed by atoms with Gasteiger partial charge < -0.3 is 49.4 Å². The number of amides is 7. The number of methoxy groups -OCH3 is 3. The topological polar surface area (TPSA) is 236 Å². The number of fused-ring (bicyclic) bond motifs is 4. The number of nitrogens with zero attached hydrogens (tertiary/aromatic N) is 5. The number of imide groups is 1. The number of aliphatic imine (C=N–C) groups is 2. The zero-order chi connectivity index (χ0) is 56.6. The van der Waals surface area contributed by atoms with Gasteiger partial charge in [0, 0.05) is 86.9 Å². The SMILES string of the molecule is COc1ccc(C2=CN3C(=O)c4cc(OC)c(OCCCOc5cc6c(cc5OC)C(=O)N5CC(c7ccc(NC(=O)[C@H](C)NC(=O)C(NC(=O)CCCCCN8C(=O)C=CC8=O)C(C)C)cc7)CC5C=N6)cc4N=C[C@@H]3C2)cc1. The Labute approximate surface area is 464 Å². The summed E-state index contributed by atoms with van der Waals surface area (Å²) in [6, 6.07) is 19.6. The lowest BCUT2D eigenvalue weighted by Gasteiger charge is -2.24. The molecular weight excluding hydrogens is 1020 g/mol. The van der Waals surface area contributed by atoms with Gasteiger partial charge in [0.15, 0.2) is 23.0 Å². The lowest BCUT2D eigenvalue weighted by Crippen LogP contribution is -2.53. The monoisotopic (exact) mass is 1090 g/mol. The number of hydrogen-bond donors (Lipinski definition) is 3. The van der Waals surface area contributed by atoms with E-state index in [9.17, 15) is 33.6 Å². The van der Waals surface area contributed by atoms with Crippen molar-refractivity contribution in [2.45, 2.75) is 95.8 Å². The van der Waals surface area contributed by atoms with Gasteiger partial charge in [-0.25, -0.2) is 0 Å². The molecule has 4 aromatic carbocycles. The molecule has 0 aromatic heterocycles. The first-order valence-electron chi connectivity index (χ1n) is 26.9. The minimum atomic E-state index is -0.914. The molecule has 418 valence electrons. The van der Waals surface area contributed by atoms with Gasteiger partial charge in [-0.15, -0.1) is 0 Å². The fourth-order valence-electron chi connectivity index (χ4n) is 10.3. The number of nitrogens with one attached hydrogen (secondary N) is 3. The third kappa shape index (κ3) is 12.5. The first-order valence-corrected chi connectivity index (χ1v) is 26.9. The van der Waals surface area contributed by atoms with Crippen LogP contribution in [0.5, 0.6) is 28.7 Å². The van der Waals surface area contributed by atoms with E-state index in [1.807, 2.05) is 47.5 Å². The maximum absolute atomic E-state index is 14.2. The van der Waals surface area contributed by atoms with Crippen LogP contribution in [0.2, 0.25) is 0 Å². The standard InChI is InChI=1S/C60H66N8O12/c1-35(2)56(65-53(69)11-8-7-9-22-66-54(70)20-21-55(66)71)58(73)63-36(3)57(72)64-41-16-12-37(13-17-41)39-25-42-31-61-47-29-51(49(77-5)27-45(47)59(74)67(42)33-39)79-23-10-24-80-52-30-48-46(28-50(52)78-6)60(75)68-34-40(26-43(68)32-62-48)38-14-18-44(76-4)19-15-38/h12-21,27-32,34-36,39,42-43,56H,7-11,22-26,33H2,1-6H3,(H,63,73)(H,64,72)(H,65,69)/t36-,39?,42?,43-,56?/m0/s1. The number of carbonyl (C=O) groups is 7. The second-order valence-corrected chi connectivity index (χ2v) is 20.6. The van der Waals surface area contributed by atoms with E-state index in [2.05, 4.69) is 16.0 Å². The zero-order valence-electron chi connectivity index (χ0n) is 45.7. The molecule has 5 aliphatic heterocycles. The quantitative estimate of drug-likeness (QED) is 0.0490. The maximum Gasteiger partial charge on any atom is 0.260 e. The summed E-state index contributed by atoms with van der Waals surface area (Å²) >= 11 is 0. The molecule has 0 spiro atoms. The van der Waals surface area contributed by atoms with Crippen molar-refractivity contribution >= 4 is 76.4 Å². The van der Waals surface area contributed by atoms with Gasteiger partial charge >= 0.3 is 0 Å². The lowest BCUT2D eigenvalue weighted by molar-refractivity contribution is -0.137. The Kier molecular flexibility index (Phi) is 17.4. The van der Waals surface area contributed by atoms with Crippen molar-refractivity contribution in [3.05, 3.63) is 113 Å². The summed E-state index contributed by atoms with van der Waals surface area (Å²) in [5, 5.41) is 8.37. The molecule has 7 amide bonds. The third-order valence-corrected chi connectivity index (χ3v) is 14.8. The van der Waals surface area contributed by atoms with Crippen molar-refractivity contribution < 1.29 is 57.2 Å². The van der Waals surface area contributed by atoms with Gasteiger partial charge in [0.25, 0.3) is 23.6 Å². The number of carbonyl (C=O) groups excluding carboxylic acids is 7. The number of rotatable bonds is 23. The van der Waals surface area contributed by atoms with Crippen molar-refractivity contribution in [3.63, 3.8) is 0 Å². The Bertz CT molecular complexity index is 3150. The van der Waals surface area contributed by atoms with Crippen LogP contribution in [0.4, 0.5) is 17.1 Å². The molecule has 0 radical (unpaired) electrons. The van der Waals surface area contributed by atoms with Gasteiger partial charge in [0.2, 0.25) is 17.7 Å². The molecule has 3 N–H and O–H groups in total. The summed E-state index contributed by atoms with van der Waals surface area (Å²) in [6.07, 6.45) is 11.6. The zero-order valence-corrected chi connectivity index (χ0v) is 45.7. The van der Waals surface area contributed by atoms with Gasteiger partial charge in [-0.2, -0.15) is 0 Å². The highest BCUT2D eigenvalue weighted by Crippen LogP contribution is 2.42. The summed E-state index contributed by atoms with van der Waals surface area (Å²) < 4.78 is 29.0. The van der Waals surface area contributed by atoms with Gasteiger partial charge in [-0.3, -0.25) is 48.4 Å². The summed E-state index contributed by atoms with van der Waals surface area (Å²) in [7, 11) is 4.67. The Balaban J connectivity index is 0.730. The second kappa shape index (κ2) is 24.9. The Morgan fingerprint density at radius 2 is 1.30 bits per heavy atom. The Hall–Kier alpha value is -8.81. The predicted octanol–water partition coefficient (Wildman–Crippen LogP) is 7.32. The van der Waals surface area contributed by atoms with E-state index in [-0.39, 0.29) is 79.6 Å².